The van der Waals surface area contributed by atoms with Crippen molar-refractivity contribution in [2.45, 2.75) is 80.6 Å². The third kappa shape index (κ3) is 7.63. The summed E-state index contributed by atoms with van der Waals surface area (Å²) >= 11 is 6.47. The van der Waals surface area contributed by atoms with Crippen LogP contribution in [0, 0.1) is 6.92 Å². The van der Waals surface area contributed by atoms with E-state index in [2.05, 4.69) is 15.2 Å². The van der Waals surface area contributed by atoms with Crippen LogP contribution in [-0.2, 0) is 49.3 Å². The van der Waals surface area contributed by atoms with Gasteiger partial charge in [0.1, 0.15) is 23.9 Å². The van der Waals surface area contributed by atoms with Crippen LogP contribution in [0.1, 0.15) is 39.0 Å². The van der Waals surface area contributed by atoms with E-state index < -0.39 is 91.9 Å². The van der Waals surface area contributed by atoms with Crippen LogP contribution in [0.3, 0.4) is 0 Å². The monoisotopic (exact) mass is 638 g/mol. The van der Waals surface area contributed by atoms with Gasteiger partial charge in [0.25, 0.3) is 0 Å². The lowest BCUT2D eigenvalue weighted by molar-refractivity contribution is -0.212. The summed E-state index contributed by atoms with van der Waals surface area (Å²) in [5.74, 6) is -2.76. The van der Waals surface area contributed by atoms with Crippen LogP contribution in [0.5, 0.6) is 0 Å². The van der Waals surface area contributed by atoms with Crippen molar-refractivity contribution in [2.24, 2.45) is 4.99 Å². The quantitative estimate of drug-likeness (QED) is 0.144. The maximum atomic E-state index is 13.9. The number of halogens is 4. The van der Waals surface area contributed by atoms with Crippen molar-refractivity contribution in [3.8, 4) is 0 Å². The number of ether oxygens (including phenoxy) is 4. The average molecular weight is 639 g/mol. The Labute approximate surface area is 242 Å². The molecule has 0 bridgehead atoms. The zero-order valence-electron chi connectivity index (χ0n) is 22.8. The Morgan fingerprint density at radius 1 is 1.00 bits per heavy atom. The van der Waals surface area contributed by atoms with E-state index in [9.17, 15) is 36.0 Å². The molecule has 2 heterocycles. The lowest BCUT2D eigenvalue weighted by Gasteiger charge is -2.41. The Bertz CT molecular complexity index is 1480. The number of alkyl halides is 4. The number of aromatic nitrogens is 3. The van der Waals surface area contributed by atoms with Crippen molar-refractivity contribution in [2.75, 3.05) is 6.61 Å². The van der Waals surface area contributed by atoms with Crippen molar-refractivity contribution in [3.05, 3.63) is 35.5 Å². The van der Waals surface area contributed by atoms with Crippen LogP contribution in [0.25, 0.3) is 0 Å². The minimum absolute atomic E-state index is 0.344. The first-order chi connectivity index (χ1) is 19.4. The van der Waals surface area contributed by atoms with Gasteiger partial charge in [0, 0.05) is 20.8 Å². The molecule has 2 aromatic rings. The third-order valence-corrected chi connectivity index (χ3v) is 7.83. The molecule has 1 aromatic heterocycles. The summed E-state index contributed by atoms with van der Waals surface area (Å²) in [6.07, 6.45) is -10.8. The first-order valence-corrected chi connectivity index (χ1v) is 14.0. The van der Waals surface area contributed by atoms with Crippen molar-refractivity contribution >= 4 is 45.2 Å². The highest BCUT2D eigenvalue weighted by molar-refractivity contribution is 7.91. The second kappa shape index (κ2) is 12.7. The summed E-state index contributed by atoms with van der Waals surface area (Å²) in [5.41, 5.74) is -1.11. The molecule has 1 aliphatic heterocycles. The summed E-state index contributed by atoms with van der Waals surface area (Å²) in [7, 11) is -4.77. The van der Waals surface area contributed by atoms with Crippen molar-refractivity contribution < 1.29 is 54.9 Å². The van der Waals surface area contributed by atoms with Crippen LogP contribution in [0.4, 0.5) is 13.2 Å². The first-order valence-electron chi connectivity index (χ1n) is 12.1. The van der Waals surface area contributed by atoms with Crippen LogP contribution >= 0.6 is 11.6 Å². The second-order valence-corrected chi connectivity index (χ2v) is 11.5. The number of hydrogen-bond acceptors (Lipinski definition) is 12. The normalized spacial score (nSPS) is 23.3. The topological polar surface area (TPSA) is 165 Å². The molecule has 18 heteroatoms. The van der Waals surface area contributed by atoms with Gasteiger partial charge in [-0.2, -0.15) is 13.2 Å². The molecule has 2 unspecified atom stereocenters. The zero-order chi connectivity index (χ0) is 31.6. The van der Waals surface area contributed by atoms with Crippen molar-refractivity contribution in [1.82, 2.24) is 15.0 Å². The molecule has 3 rings (SSSR count). The van der Waals surface area contributed by atoms with Crippen LogP contribution in [0.2, 0.25) is 0 Å². The van der Waals surface area contributed by atoms with E-state index in [1.165, 1.54) is 12.1 Å². The van der Waals surface area contributed by atoms with Crippen molar-refractivity contribution in [3.63, 3.8) is 0 Å². The number of sulfone groups is 1. The maximum absolute atomic E-state index is 13.9. The molecule has 0 amide bonds. The molecule has 42 heavy (non-hydrogen) atoms. The second-order valence-electron chi connectivity index (χ2n) is 9.09. The molecule has 1 aromatic carbocycles. The number of carbonyl (C=O) groups excluding carboxylic acids is 3. The fraction of sp³-hybridized carbons (Fsp3) is 0.500. The van der Waals surface area contributed by atoms with Gasteiger partial charge in [0.2, 0.25) is 20.6 Å². The zero-order valence-corrected chi connectivity index (χ0v) is 24.4. The Kier molecular flexibility index (Phi) is 10.00. The van der Waals surface area contributed by atoms with Gasteiger partial charge in [-0.3, -0.25) is 14.4 Å². The highest BCUT2D eigenvalue weighted by atomic mass is 35.5. The average Bonchev–Trinajstić information content (AvgIpc) is 3.34. The molecule has 5 atom stereocenters. The van der Waals surface area contributed by atoms with Gasteiger partial charge in [0.15, 0.2) is 18.4 Å². The predicted octanol–water partition coefficient (Wildman–Crippen LogP) is 2.46. The number of carbonyl (C=O) groups is 3. The molecule has 0 saturated carbocycles. The molecule has 1 fully saturated rings. The minimum Gasteiger partial charge on any atom is -0.463 e. The Morgan fingerprint density at radius 2 is 1.57 bits per heavy atom. The number of benzene rings is 1. The van der Waals surface area contributed by atoms with E-state index in [1.807, 2.05) is 0 Å². The first kappa shape index (κ1) is 32.9. The summed E-state index contributed by atoms with van der Waals surface area (Å²) in [5, 5.41) is 4.16. The van der Waals surface area contributed by atoms with Gasteiger partial charge < -0.3 is 18.9 Å². The standard InChI is InChI=1S/C24H26ClF3N4O9S/c1-11-6-8-16(9-7-11)42(36,37)23-21(24(26,27)28)30-32(31-23)12(2)29-22-18(25)20(40-15(5)35)19(39-14(4)34)17(41-22)10-38-13(3)33/h6-9,17-20,22H,10H2,1-5H3/b29-12+/t17-,18?,19-,20-,22?/m1/s1. The van der Waals surface area contributed by atoms with Crippen LogP contribution in [0.15, 0.2) is 39.2 Å². The van der Waals surface area contributed by atoms with E-state index in [-0.39, 0.29) is 0 Å². The molecule has 1 aliphatic rings. The maximum Gasteiger partial charge on any atom is 0.438 e. The van der Waals surface area contributed by atoms with Gasteiger partial charge in [0.05, 0.1) is 4.90 Å². The summed E-state index contributed by atoms with van der Waals surface area (Å²) in [4.78, 5) is 39.0. The molecular weight excluding hydrogens is 613 g/mol. The molecule has 1 saturated heterocycles. The fourth-order valence-electron chi connectivity index (χ4n) is 3.84. The number of rotatable bonds is 7. The highest BCUT2D eigenvalue weighted by Gasteiger charge is 2.50. The van der Waals surface area contributed by atoms with E-state index in [0.717, 1.165) is 39.8 Å². The smallest absolute Gasteiger partial charge is 0.438 e. The molecule has 0 aliphatic carbocycles. The molecule has 0 spiro atoms. The third-order valence-electron chi connectivity index (χ3n) is 5.69. The Hall–Kier alpha value is -3.57. The predicted molar refractivity (Wildman–Crippen MR) is 136 cm³/mol. The molecule has 13 nitrogen and oxygen atoms in total. The Balaban J connectivity index is 2.06. The van der Waals surface area contributed by atoms with Crippen molar-refractivity contribution in [1.29, 1.82) is 0 Å². The largest absolute Gasteiger partial charge is 0.463 e. The van der Waals surface area contributed by atoms with Crippen LogP contribution < -0.4 is 0 Å². The number of nitrogens with zero attached hydrogens (tertiary/aromatic N) is 4. The SMILES string of the molecule is CC(=O)OC[C@H]1OC(/N=C(\C)n2nc(C(F)(F)F)c(S(=O)(=O)c3ccc(C)cc3)n2)C(Cl)[C@@H](OC(C)=O)[C@@H]1OC(C)=O. The van der Waals surface area contributed by atoms with E-state index >= 15 is 0 Å². The van der Waals surface area contributed by atoms with Gasteiger partial charge in [-0.15, -0.1) is 26.6 Å². The Morgan fingerprint density at radius 3 is 2.10 bits per heavy atom. The lowest BCUT2D eigenvalue weighted by Crippen LogP contribution is -2.59. The van der Waals surface area contributed by atoms with Gasteiger partial charge in [-0.05, 0) is 26.0 Å². The summed E-state index contributed by atoms with van der Waals surface area (Å²) < 4.78 is 89.0. The number of aryl methyl sites for hydroxylation is 1. The molecule has 0 N–H and O–H groups in total. The van der Waals surface area contributed by atoms with E-state index in [0.29, 0.717) is 10.4 Å². The molecular formula is C24H26ClF3N4O9S. The molecule has 230 valence electrons. The van der Waals surface area contributed by atoms with Gasteiger partial charge >= 0.3 is 24.1 Å². The summed E-state index contributed by atoms with van der Waals surface area (Å²) in [6.45, 7) is 5.53. The lowest BCUT2D eigenvalue weighted by atomic mass is 10.00. The van der Waals surface area contributed by atoms with Crippen LogP contribution in [-0.4, -0.2) is 83.7 Å². The number of esters is 3. The van der Waals surface area contributed by atoms with Gasteiger partial charge in [-0.1, -0.05) is 17.7 Å². The van der Waals surface area contributed by atoms with E-state index in [1.54, 1.807) is 6.92 Å². The molecule has 0 radical (unpaired) electrons. The number of aliphatic imine (C=N–C) groups is 1. The number of hydrogen-bond donors (Lipinski definition) is 0. The summed E-state index contributed by atoms with van der Waals surface area (Å²) in [6, 6.07) is 5.09. The fourth-order valence-corrected chi connectivity index (χ4v) is 5.47. The minimum atomic E-state index is -5.21. The highest BCUT2D eigenvalue weighted by Crippen LogP contribution is 2.35. The van der Waals surface area contributed by atoms with Gasteiger partial charge in [-0.25, -0.2) is 13.4 Å². The van der Waals surface area contributed by atoms with E-state index in [4.69, 9.17) is 30.5 Å².